The Morgan fingerprint density at radius 1 is 0.958 bits per heavy atom. The van der Waals surface area contributed by atoms with Gasteiger partial charge in [-0.1, -0.05) is 17.7 Å². The van der Waals surface area contributed by atoms with Crippen LogP contribution >= 0.6 is 11.6 Å². The Hall–Kier alpha value is -2.79. The number of hydrogen-bond donors (Lipinski definition) is 2. The number of aromatic nitrogens is 1. The average molecular weight is 342 g/mol. The Kier molecular flexibility index (Phi) is 4.27. The number of hydrogen-bond acceptors (Lipinski definition) is 2. The van der Waals surface area contributed by atoms with E-state index < -0.39 is 0 Å². The summed E-state index contributed by atoms with van der Waals surface area (Å²) in [5.41, 5.74) is 2.77. The predicted molar refractivity (Wildman–Crippen MR) is 96.6 cm³/mol. The van der Waals surface area contributed by atoms with Gasteiger partial charge in [0.1, 0.15) is 5.69 Å². The van der Waals surface area contributed by atoms with Crippen LogP contribution in [0.15, 0.2) is 48.5 Å². The van der Waals surface area contributed by atoms with Crippen LogP contribution < -0.4 is 10.6 Å². The zero-order valence-electron chi connectivity index (χ0n) is 13.3. The molecule has 0 saturated heterocycles. The van der Waals surface area contributed by atoms with Crippen molar-refractivity contribution in [3.8, 4) is 0 Å². The van der Waals surface area contributed by atoms with Gasteiger partial charge in [-0.15, -0.1) is 0 Å². The van der Waals surface area contributed by atoms with Gasteiger partial charge in [0.15, 0.2) is 0 Å². The van der Waals surface area contributed by atoms with Gasteiger partial charge in [-0.05, 0) is 42.5 Å². The highest BCUT2D eigenvalue weighted by Crippen LogP contribution is 2.23. The summed E-state index contributed by atoms with van der Waals surface area (Å²) in [5, 5.41) is 7.11. The van der Waals surface area contributed by atoms with Crippen molar-refractivity contribution in [3.05, 3.63) is 59.2 Å². The summed E-state index contributed by atoms with van der Waals surface area (Å²) in [7, 11) is 1.83. The maximum atomic E-state index is 12.5. The molecule has 0 saturated carbocycles. The van der Waals surface area contributed by atoms with Gasteiger partial charge in [-0.3, -0.25) is 9.59 Å². The van der Waals surface area contributed by atoms with Gasteiger partial charge in [-0.25, -0.2) is 0 Å². The Labute approximate surface area is 144 Å². The molecular formula is C18H16ClN3O2. The van der Waals surface area contributed by atoms with Crippen molar-refractivity contribution in [2.24, 2.45) is 7.05 Å². The molecule has 0 unspecified atom stereocenters. The highest BCUT2D eigenvalue weighted by atomic mass is 35.5. The molecule has 6 heteroatoms. The Morgan fingerprint density at radius 2 is 1.58 bits per heavy atom. The number of halogens is 1. The molecule has 1 aromatic heterocycles. The monoisotopic (exact) mass is 341 g/mol. The number of rotatable bonds is 3. The van der Waals surface area contributed by atoms with Gasteiger partial charge in [-0.2, -0.15) is 0 Å². The fourth-order valence-electron chi connectivity index (χ4n) is 2.56. The molecule has 3 rings (SSSR count). The molecule has 0 spiro atoms. The highest BCUT2D eigenvalue weighted by molar-refractivity contribution is 6.31. The summed E-state index contributed by atoms with van der Waals surface area (Å²) < 4.78 is 1.81. The Morgan fingerprint density at radius 3 is 2.21 bits per heavy atom. The predicted octanol–water partition coefficient (Wildman–Crippen LogP) is 4.04. The molecule has 1 heterocycles. The SMILES string of the molecule is CC(=O)Nc1ccc(NC(=O)c2cc3ccc(Cl)cc3n2C)cc1. The number of carbonyl (C=O) groups excluding carboxylic acids is 2. The summed E-state index contributed by atoms with van der Waals surface area (Å²) in [6.07, 6.45) is 0. The van der Waals surface area contributed by atoms with Crippen LogP contribution in [0.2, 0.25) is 5.02 Å². The lowest BCUT2D eigenvalue weighted by molar-refractivity contribution is -0.114. The van der Waals surface area contributed by atoms with E-state index in [1.165, 1.54) is 6.92 Å². The van der Waals surface area contributed by atoms with E-state index in [1.54, 1.807) is 30.3 Å². The number of fused-ring (bicyclic) bond motifs is 1. The maximum Gasteiger partial charge on any atom is 0.272 e. The van der Waals surface area contributed by atoms with Crippen LogP contribution in [0.25, 0.3) is 10.9 Å². The smallest absolute Gasteiger partial charge is 0.272 e. The molecule has 0 bridgehead atoms. The summed E-state index contributed by atoms with van der Waals surface area (Å²) in [6, 6.07) is 14.3. The molecule has 3 aromatic rings. The topological polar surface area (TPSA) is 63.1 Å². The molecule has 24 heavy (non-hydrogen) atoms. The van der Waals surface area contributed by atoms with Crippen molar-refractivity contribution in [3.63, 3.8) is 0 Å². The second-order valence-corrected chi connectivity index (χ2v) is 5.94. The molecule has 0 atom stereocenters. The van der Waals surface area contributed by atoms with Crippen LogP contribution in [0, 0.1) is 0 Å². The lowest BCUT2D eigenvalue weighted by Gasteiger charge is -2.08. The van der Waals surface area contributed by atoms with E-state index in [4.69, 9.17) is 11.6 Å². The molecule has 2 amide bonds. The van der Waals surface area contributed by atoms with E-state index in [9.17, 15) is 9.59 Å². The molecule has 0 aliphatic carbocycles. The molecule has 2 aromatic carbocycles. The van der Waals surface area contributed by atoms with Gasteiger partial charge in [0, 0.05) is 41.3 Å². The van der Waals surface area contributed by atoms with Crippen molar-refractivity contribution in [1.29, 1.82) is 0 Å². The largest absolute Gasteiger partial charge is 0.340 e. The molecule has 0 radical (unpaired) electrons. The Bertz CT molecular complexity index is 929. The first-order valence-electron chi connectivity index (χ1n) is 7.38. The van der Waals surface area contributed by atoms with Crippen LogP contribution in [0.4, 0.5) is 11.4 Å². The minimum Gasteiger partial charge on any atom is -0.340 e. The number of nitrogens with zero attached hydrogens (tertiary/aromatic N) is 1. The Balaban J connectivity index is 1.82. The molecule has 0 aliphatic heterocycles. The van der Waals surface area contributed by atoms with Crippen LogP contribution in [0.1, 0.15) is 17.4 Å². The molecular weight excluding hydrogens is 326 g/mol. The van der Waals surface area contributed by atoms with Crippen LogP contribution in [-0.4, -0.2) is 16.4 Å². The third-order valence-corrected chi connectivity index (χ3v) is 3.94. The van der Waals surface area contributed by atoms with Gasteiger partial charge in [0.25, 0.3) is 5.91 Å². The van der Waals surface area contributed by atoms with Crippen LogP contribution in [0.5, 0.6) is 0 Å². The van der Waals surface area contributed by atoms with Crippen molar-refractivity contribution < 1.29 is 9.59 Å². The molecule has 0 fully saturated rings. The highest BCUT2D eigenvalue weighted by Gasteiger charge is 2.14. The van der Waals surface area contributed by atoms with Gasteiger partial charge in [0.05, 0.1) is 0 Å². The molecule has 0 aliphatic rings. The summed E-state index contributed by atoms with van der Waals surface area (Å²) in [4.78, 5) is 23.5. The number of nitrogens with one attached hydrogen (secondary N) is 2. The second-order valence-electron chi connectivity index (χ2n) is 5.50. The first-order valence-corrected chi connectivity index (χ1v) is 7.76. The normalized spacial score (nSPS) is 10.6. The van der Waals surface area contributed by atoms with E-state index in [-0.39, 0.29) is 11.8 Å². The van der Waals surface area contributed by atoms with Gasteiger partial charge >= 0.3 is 0 Å². The zero-order chi connectivity index (χ0) is 17.3. The van der Waals surface area contributed by atoms with E-state index in [0.717, 1.165) is 10.9 Å². The standard InChI is InChI=1S/C18H16ClN3O2/c1-11(23)20-14-5-7-15(8-6-14)21-18(24)17-9-12-3-4-13(19)10-16(12)22(17)2/h3-10H,1-2H3,(H,20,23)(H,21,24). The fourth-order valence-corrected chi connectivity index (χ4v) is 2.72. The third-order valence-electron chi connectivity index (χ3n) is 3.70. The van der Waals surface area contributed by atoms with Crippen molar-refractivity contribution in [1.82, 2.24) is 4.57 Å². The lowest BCUT2D eigenvalue weighted by Crippen LogP contribution is -2.15. The number of benzene rings is 2. The minimum atomic E-state index is -0.211. The van der Waals surface area contributed by atoms with Crippen molar-refractivity contribution >= 4 is 45.7 Å². The molecule has 122 valence electrons. The summed E-state index contributed by atoms with van der Waals surface area (Å²) in [5.74, 6) is -0.349. The first-order chi connectivity index (χ1) is 11.4. The van der Waals surface area contributed by atoms with E-state index in [0.29, 0.717) is 22.1 Å². The minimum absolute atomic E-state index is 0.138. The second kappa shape index (κ2) is 6.37. The third kappa shape index (κ3) is 3.26. The number of carbonyl (C=O) groups is 2. The zero-order valence-corrected chi connectivity index (χ0v) is 14.0. The van der Waals surface area contributed by atoms with Gasteiger partial charge in [0.2, 0.25) is 5.91 Å². The summed E-state index contributed by atoms with van der Waals surface area (Å²) in [6.45, 7) is 1.45. The summed E-state index contributed by atoms with van der Waals surface area (Å²) >= 11 is 6.02. The van der Waals surface area contributed by atoms with Crippen LogP contribution in [0.3, 0.4) is 0 Å². The number of anilines is 2. The van der Waals surface area contributed by atoms with Crippen molar-refractivity contribution in [2.75, 3.05) is 10.6 Å². The lowest BCUT2D eigenvalue weighted by atomic mass is 10.2. The van der Waals surface area contributed by atoms with E-state index in [1.807, 2.05) is 29.8 Å². The maximum absolute atomic E-state index is 12.5. The fraction of sp³-hybridized carbons (Fsp3) is 0.111. The number of amides is 2. The first kappa shape index (κ1) is 16.1. The molecule has 2 N–H and O–H groups in total. The quantitative estimate of drug-likeness (QED) is 0.755. The van der Waals surface area contributed by atoms with Gasteiger partial charge < -0.3 is 15.2 Å². The number of aryl methyl sites for hydroxylation is 1. The van der Waals surface area contributed by atoms with E-state index in [2.05, 4.69) is 10.6 Å². The average Bonchev–Trinajstić information content (AvgIpc) is 2.86. The van der Waals surface area contributed by atoms with E-state index >= 15 is 0 Å². The van der Waals surface area contributed by atoms with Crippen molar-refractivity contribution in [2.45, 2.75) is 6.92 Å². The van der Waals surface area contributed by atoms with Crippen LogP contribution in [-0.2, 0) is 11.8 Å². The molecule has 5 nitrogen and oxygen atoms in total.